The maximum absolute atomic E-state index is 13.8. The molecule has 0 spiro atoms. The van der Waals surface area contributed by atoms with Gasteiger partial charge in [-0.15, -0.1) is 0 Å². The summed E-state index contributed by atoms with van der Waals surface area (Å²) in [6.07, 6.45) is 1.77. The number of carbonyl (C=O) groups excluding carboxylic acids is 3. The monoisotopic (exact) mass is 502 g/mol. The van der Waals surface area contributed by atoms with Crippen LogP contribution in [-0.2, 0) is 9.59 Å². The summed E-state index contributed by atoms with van der Waals surface area (Å²) in [5.74, 6) is -0.888. The first-order valence-electron chi connectivity index (χ1n) is 11.0. The van der Waals surface area contributed by atoms with Crippen LogP contribution in [0.4, 0.5) is 15.2 Å². The Morgan fingerprint density at radius 3 is 2.56 bits per heavy atom. The van der Waals surface area contributed by atoms with E-state index < -0.39 is 11.7 Å². The Hall–Kier alpha value is -4.44. The molecule has 0 N–H and O–H groups in total. The smallest absolute Gasteiger partial charge is 0.280 e. The summed E-state index contributed by atoms with van der Waals surface area (Å²) in [5.41, 5.74) is 1.76. The number of nitrogens with zero attached hydrogens (tertiary/aromatic N) is 4. The SMILES string of the molecule is COc1ccc(/C=N/N(C(=O)c2cccc(N3C(=O)CCC3=O)c2)c2nc3ccc(F)cc3s2)cc1. The molecule has 3 aromatic carbocycles. The number of thiazole rings is 1. The molecule has 3 amide bonds. The minimum atomic E-state index is -0.528. The molecule has 0 atom stereocenters. The van der Waals surface area contributed by atoms with E-state index in [1.165, 1.54) is 30.5 Å². The van der Waals surface area contributed by atoms with Crippen LogP contribution in [0.15, 0.2) is 71.8 Å². The molecule has 0 bridgehead atoms. The quantitative estimate of drug-likeness (QED) is 0.215. The third-order valence-electron chi connectivity index (χ3n) is 5.55. The number of amides is 3. The predicted octanol–water partition coefficient (Wildman–Crippen LogP) is 4.78. The fourth-order valence-corrected chi connectivity index (χ4v) is 4.69. The number of hydrogen-bond donors (Lipinski definition) is 0. The van der Waals surface area contributed by atoms with Gasteiger partial charge in [0.25, 0.3) is 5.91 Å². The number of imide groups is 1. The highest BCUT2D eigenvalue weighted by molar-refractivity contribution is 7.22. The van der Waals surface area contributed by atoms with Crippen LogP contribution in [0.2, 0.25) is 0 Å². The number of fused-ring (bicyclic) bond motifs is 1. The molecule has 0 aliphatic carbocycles. The molecule has 1 aliphatic heterocycles. The lowest BCUT2D eigenvalue weighted by molar-refractivity contribution is -0.121. The van der Waals surface area contributed by atoms with Crippen LogP contribution in [0.1, 0.15) is 28.8 Å². The molecule has 1 fully saturated rings. The minimum absolute atomic E-state index is 0.136. The molecule has 1 saturated heterocycles. The predicted molar refractivity (Wildman–Crippen MR) is 135 cm³/mol. The van der Waals surface area contributed by atoms with Gasteiger partial charge in [-0.1, -0.05) is 17.4 Å². The van der Waals surface area contributed by atoms with E-state index in [-0.39, 0.29) is 35.4 Å². The van der Waals surface area contributed by atoms with Gasteiger partial charge in [0.05, 0.1) is 29.2 Å². The lowest BCUT2D eigenvalue weighted by atomic mass is 10.1. The van der Waals surface area contributed by atoms with Gasteiger partial charge in [-0.05, 0) is 66.2 Å². The number of aromatic nitrogens is 1. The third kappa shape index (κ3) is 4.58. The van der Waals surface area contributed by atoms with Crippen LogP contribution in [0.25, 0.3) is 10.2 Å². The Morgan fingerprint density at radius 1 is 1.08 bits per heavy atom. The molecule has 10 heteroatoms. The zero-order chi connectivity index (χ0) is 25.2. The van der Waals surface area contributed by atoms with E-state index in [4.69, 9.17) is 4.74 Å². The van der Waals surface area contributed by atoms with Crippen molar-refractivity contribution in [3.63, 3.8) is 0 Å². The zero-order valence-corrected chi connectivity index (χ0v) is 19.9. The molecule has 0 unspecified atom stereocenters. The van der Waals surface area contributed by atoms with Crippen LogP contribution in [0.3, 0.4) is 0 Å². The molecular formula is C26H19FN4O4S. The van der Waals surface area contributed by atoms with Gasteiger partial charge >= 0.3 is 0 Å². The normalized spacial score (nSPS) is 13.7. The first kappa shape index (κ1) is 23.3. The van der Waals surface area contributed by atoms with E-state index in [2.05, 4.69) is 10.1 Å². The number of methoxy groups -OCH3 is 1. The Morgan fingerprint density at radius 2 is 1.83 bits per heavy atom. The van der Waals surface area contributed by atoms with Crippen LogP contribution in [-0.4, -0.2) is 36.0 Å². The van der Waals surface area contributed by atoms with Crippen molar-refractivity contribution >= 4 is 56.3 Å². The van der Waals surface area contributed by atoms with Gasteiger partial charge in [0.2, 0.25) is 16.9 Å². The number of ether oxygens (including phenoxy) is 1. The summed E-state index contributed by atoms with van der Waals surface area (Å²) >= 11 is 1.12. The van der Waals surface area contributed by atoms with Gasteiger partial charge in [-0.25, -0.2) is 9.37 Å². The molecule has 0 radical (unpaired) electrons. The molecule has 1 aliphatic rings. The average Bonchev–Trinajstić information content (AvgIpc) is 3.46. The minimum Gasteiger partial charge on any atom is -0.497 e. The molecule has 2 heterocycles. The van der Waals surface area contributed by atoms with Crippen LogP contribution in [0.5, 0.6) is 5.75 Å². The van der Waals surface area contributed by atoms with E-state index in [0.29, 0.717) is 27.2 Å². The van der Waals surface area contributed by atoms with Gasteiger partial charge in [-0.2, -0.15) is 10.1 Å². The van der Waals surface area contributed by atoms with E-state index in [1.807, 2.05) is 0 Å². The topological polar surface area (TPSA) is 92.2 Å². The summed E-state index contributed by atoms with van der Waals surface area (Å²) < 4.78 is 19.5. The summed E-state index contributed by atoms with van der Waals surface area (Å²) in [5, 5.41) is 5.76. The summed E-state index contributed by atoms with van der Waals surface area (Å²) in [6.45, 7) is 0. The fraction of sp³-hybridized carbons (Fsp3) is 0.115. The summed E-state index contributed by atoms with van der Waals surface area (Å²) in [6, 6.07) is 17.5. The average molecular weight is 503 g/mol. The first-order valence-corrected chi connectivity index (χ1v) is 11.8. The zero-order valence-electron chi connectivity index (χ0n) is 19.1. The van der Waals surface area contributed by atoms with Gasteiger partial charge in [0.1, 0.15) is 11.6 Å². The molecule has 180 valence electrons. The highest BCUT2D eigenvalue weighted by atomic mass is 32.1. The maximum atomic E-state index is 13.8. The van der Waals surface area contributed by atoms with Crippen molar-refractivity contribution in [2.75, 3.05) is 17.0 Å². The van der Waals surface area contributed by atoms with Crippen molar-refractivity contribution < 1.29 is 23.5 Å². The second-order valence-corrected chi connectivity index (χ2v) is 8.93. The Kier molecular flexibility index (Phi) is 6.26. The van der Waals surface area contributed by atoms with E-state index in [0.717, 1.165) is 21.2 Å². The lowest BCUT2D eigenvalue weighted by Gasteiger charge is -2.17. The number of hydrogen-bond acceptors (Lipinski definition) is 7. The molecule has 1 aromatic heterocycles. The van der Waals surface area contributed by atoms with Crippen LogP contribution in [0, 0.1) is 5.82 Å². The van der Waals surface area contributed by atoms with Crippen molar-refractivity contribution in [1.82, 2.24) is 4.98 Å². The highest BCUT2D eigenvalue weighted by Gasteiger charge is 2.31. The Bertz CT molecular complexity index is 1500. The second kappa shape index (κ2) is 9.67. The van der Waals surface area contributed by atoms with Crippen LogP contribution < -0.4 is 14.6 Å². The molecule has 8 nitrogen and oxygen atoms in total. The number of hydrazone groups is 1. The van der Waals surface area contributed by atoms with E-state index >= 15 is 0 Å². The fourth-order valence-electron chi connectivity index (χ4n) is 3.74. The number of rotatable bonds is 6. The van der Waals surface area contributed by atoms with Crippen molar-refractivity contribution in [3.05, 3.63) is 83.7 Å². The Balaban J connectivity index is 1.53. The maximum Gasteiger partial charge on any atom is 0.280 e. The van der Waals surface area contributed by atoms with E-state index in [9.17, 15) is 18.8 Å². The van der Waals surface area contributed by atoms with Crippen molar-refractivity contribution in [3.8, 4) is 5.75 Å². The van der Waals surface area contributed by atoms with Gasteiger partial charge < -0.3 is 4.74 Å². The highest BCUT2D eigenvalue weighted by Crippen LogP contribution is 2.31. The molecular weight excluding hydrogens is 483 g/mol. The molecule has 36 heavy (non-hydrogen) atoms. The third-order valence-corrected chi connectivity index (χ3v) is 6.55. The van der Waals surface area contributed by atoms with Crippen molar-refractivity contribution in [1.29, 1.82) is 0 Å². The number of anilines is 2. The largest absolute Gasteiger partial charge is 0.497 e. The van der Waals surface area contributed by atoms with Crippen molar-refractivity contribution in [2.24, 2.45) is 5.10 Å². The number of benzene rings is 3. The summed E-state index contributed by atoms with van der Waals surface area (Å²) in [7, 11) is 1.57. The van der Waals surface area contributed by atoms with Crippen LogP contribution >= 0.6 is 11.3 Å². The second-order valence-electron chi connectivity index (χ2n) is 7.92. The van der Waals surface area contributed by atoms with Gasteiger partial charge in [0, 0.05) is 18.4 Å². The standard InChI is InChI=1S/C26H19FN4O4S/c1-35-20-8-5-16(6-9-20)15-28-31(26-29-21-10-7-18(27)14-22(21)36-26)25(34)17-3-2-4-19(13-17)30-23(32)11-12-24(30)33/h2-10,13-15H,11-12H2,1H3/b28-15+. The molecule has 5 rings (SSSR count). The molecule has 4 aromatic rings. The van der Waals surface area contributed by atoms with E-state index in [1.54, 1.807) is 49.6 Å². The van der Waals surface area contributed by atoms with Crippen molar-refractivity contribution in [2.45, 2.75) is 12.8 Å². The number of halogens is 1. The van der Waals surface area contributed by atoms with Gasteiger partial charge in [0.15, 0.2) is 0 Å². The lowest BCUT2D eigenvalue weighted by Crippen LogP contribution is -2.29. The number of carbonyl (C=O) groups is 3. The Labute approximate surface area is 209 Å². The molecule has 0 saturated carbocycles. The van der Waals surface area contributed by atoms with Gasteiger partial charge in [-0.3, -0.25) is 19.3 Å². The summed E-state index contributed by atoms with van der Waals surface area (Å²) in [4.78, 5) is 43.6. The first-order chi connectivity index (χ1) is 17.4.